The van der Waals surface area contributed by atoms with E-state index in [2.05, 4.69) is 25.6 Å². The summed E-state index contributed by atoms with van der Waals surface area (Å²) in [6.07, 6.45) is 8.33. The van der Waals surface area contributed by atoms with Gasteiger partial charge in [-0.2, -0.15) is 5.10 Å². The number of piperidine rings is 3. The Hall–Kier alpha value is -2.25. The van der Waals surface area contributed by atoms with Crippen molar-refractivity contribution in [2.75, 3.05) is 26.2 Å². The van der Waals surface area contributed by atoms with Crippen LogP contribution in [0.1, 0.15) is 36.0 Å². The molecule has 3 aliphatic rings. The van der Waals surface area contributed by atoms with Crippen LogP contribution in [-0.4, -0.2) is 63.8 Å². The number of benzene rings is 1. The zero-order valence-electron chi connectivity index (χ0n) is 16.1. The number of amides is 1. The minimum atomic E-state index is -0.0365. The second-order valence-corrected chi connectivity index (χ2v) is 8.35. The zero-order chi connectivity index (χ0) is 18.9. The fourth-order valence-electron chi connectivity index (χ4n) is 5.54. The van der Waals surface area contributed by atoms with Crippen molar-refractivity contribution in [3.63, 3.8) is 0 Å². The largest absolute Gasteiger partial charge is 0.350 e. The molecule has 1 amide bonds. The minimum absolute atomic E-state index is 0.0365. The number of rotatable bonds is 4. The molecule has 2 N–H and O–H groups in total. The molecule has 3 saturated heterocycles. The van der Waals surface area contributed by atoms with Crippen molar-refractivity contribution >= 4 is 5.91 Å². The van der Waals surface area contributed by atoms with Crippen LogP contribution in [0.4, 0.5) is 0 Å². The van der Waals surface area contributed by atoms with E-state index in [4.69, 9.17) is 0 Å². The van der Waals surface area contributed by atoms with Crippen LogP contribution in [0.25, 0.3) is 5.69 Å². The molecule has 2 aromatic rings. The number of carbonyl (C=O) groups is 1. The Morgan fingerprint density at radius 2 is 2.11 bits per heavy atom. The van der Waals surface area contributed by atoms with Gasteiger partial charge in [-0.1, -0.05) is 18.6 Å². The number of nitrogens with zero attached hydrogens (tertiary/aromatic N) is 4. The quantitative estimate of drug-likeness (QED) is 0.840. The molecule has 0 spiro atoms. The first-order chi connectivity index (χ1) is 13.8. The summed E-state index contributed by atoms with van der Waals surface area (Å²) in [4.78, 5) is 19.7. The maximum absolute atomic E-state index is 13.0. The van der Waals surface area contributed by atoms with Crippen molar-refractivity contribution in [1.82, 2.24) is 30.3 Å². The minimum Gasteiger partial charge on any atom is -0.350 e. The molecular formula is C21H28N6O. The normalized spacial score (nSPS) is 29.9. The predicted octanol–water partition coefficient (Wildman–Crippen LogP) is 1.46. The summed E-state index contributed by atoms with van der Waals surface area (Å²) < 4.78 is 1.64. The van der Waals surface area contributed by atoms with Gasteiger partial charge in [-0.05, 0) is 62.9 Å². The Balaban J connectivity index is 1.33. The van der Waals surface area contributed by atoms with E-state index in [-0.39, 0.29) is 5.91 Å². The van der Waals surface area contributed by atoms with Crippen LogP contribution < -0.4 is 10.6 Å². The Morgan fingerprint density at radius 3 is 3.00 bits per heavy atom. The van der Waals surface area contributed by atoms with Crippen LogP contribution in [-0.2, 0) is 0 Å². The Morgan fingerprint density at radius 1 is 1.21 bits per heavy atom. The lowest BCUT2D eigenvalue weighted by Gasteiger charge is -2.55. The van der Waals surface area contributed by atoms with Crippen LogP contribution >= 0.6 is 0 Å². The summed E-state index contributed by atoms with van der Waals surface area (Å²) in [5.74, 6) is 1.36. The molecule has 3 fully saturated rings. The van der Waals surface area contributed by atoms with Crippen LogP contribution in [0.15, 0.2) is 36.9 Å². The molecule has 4 atom stereocenters. The molecule has 2 bridgehead atoms. The van der Waals surface area contributed by atoms with Crippen molar-refractivity contribution in [1.29, 1.82) is 0 Å². The third kappa shape index (κ3) is 3.22. The summed E-state index contributed by atoms with van der Waals surface area (Å²) >= 11 is 0. The predicted molar refractivity (Wildman–Crippen MR) is 106 cm³/mol. The van der Waals surface area contributed by atoms with E-state index in [0.29, 0.717) is 30.1 Å². The highest BCUT2D eigenvalue weighted by atomic mass is 16.1. The number of fused-ring (bicyclic) bond motifs is 4. The van der Waals surface area contributed by atoms with E-state index < -0.39 is 0 Å². The maximum atomic E-state index is 13.0. The molecule has 5 rings (SSSR count). The Bertz CT molecular complexity index is 822. The molecule has 0 unspecified atom stereocenters. The van der Waals surface area contributed by atoms with Crippen molar-refractivity contribution < 1.29 is 4.79 Å². The average molecular weight is 380 g/mol. The van der Waals surface area contributed by atoms with E-state index in [1.54, 1.807) is 11.0 Å². The van der Waals surface area contributed by atoms with Gasteiger partial charge in [-0.25, -0.2) is 9.67 Å². The van der Waals surface area contributed by atoms with Gasteiger partial charge in [-0.15, -0.1) is 0 Å². The summed E-state index contributed by atoms with van der Waals surface area (Å²) in [5, 5.41) is 11.1. The van der Waals surface area contributed by atoms with Gasteiger partial charge in [0.15, 0.2) is 0 Å². The standard InChI is InChI=1S/C21H28N6O/c28-21(17-5-1-2-7-19(17)27-14-23-13-25-27)24-12-20-16-9-15(10-22-11-16)18-6-3-4-8-26(18)20/h1-2,5,7,13-16,18,20,22H,3-4,6,8-12H2,(H,24,28)/t15-,16+,18+,20+/m1/s1. The molecule has 0 aliphatic carbocycles. The van der Waals surface area contributed by atoms with Gasteiger partial charge in [0.25, 0.3) is 5.91 Å². The molecule has 148 valence electrons. The number of para-hydroxylation sites is 1. The third-order valence-corrected chi connectivity index (χ3v) is 6.81. The summed E-state index contributed by atoms with van der Waals surface area (Å²) in [5.41, 5.74) is 1.40. The van der Waals surface area contributed by atoms with Crippen molar-refractivity contribution in [3.8, 4) is 5.69 Å². The van der Waals surface area contributed by atoms with Gasteiger partial charge < -0.3 is 10.6 Å². The van der Waals surface area contributed by atoms with E-state index in [1.165, 1.54) is 38.6 Å². The van der Waals surface area contributed by atoms with Crippen LogP contribution in [0, 0.1) is 11.8 Å². The number of aromatic nitrogens is 3. The van der Waals surface area contributed by atoms with E-state index in [0.717, 1.165) is 24.7 Å². The first-order valence-corrected chi connectivity index (χ1v) is 10.5. The van der Waals surface area contributed by atoms with Gasteiger partial charge in [0.05, 0.1) is 11.3 Å². The Labute approximate surface area is 165 Å². The first-order valence-electron chi connectivity index (χ1n) is 10.5. The second-order valence-electron chi connectivity index (χ2n) is 8.35. The van der Waals surface area contributed by atoms with Gasteiger partial charge in [0, 0.05) is 18.6 Å². The molecule has 7 heteroatoms. The molecular weight excluding hydrogens is 352 g/mol. The van der Waals surface area contributed by atoms with Gasteiger partial charge in [0.1, 0.15) is 12.7 Å². The highest BCUT2D eigenvalue weighted by molar-refractivity contribution is 5.97. The van der Waals surface area contributed by atoms with Crippen LogP contribution in [0.3, 0.4) is 0 Å². The fourth-order valence-corrected chi connectivity index (χ4v) is 5.54. The first kappa shape index (κ1) is 17.8. The number of carbonyl (C=O) groups excluding carboxylic acids is 1. The van der Waals surface area contributed by atoms with E-state index in [1.807, 2.05) is 24.3 Å². The zero-order valence-corrected chi connectivity index (χ0v) is 16.1. The van der Waals surface area contributed by atoms with E-state index >= 15 is 0 Å². The maximum Gasteiger partial charge on any atom is 0.253 e. The third-order valence-electron chi connectivity index (χ3n) is 6.81. The molecule has 28 heavy (non-hydrogen) atoms. The summed E-state index contributed by atoms with van der Waals surface area (Å²) in [6.45, 7) is 4.10. The van der Waals surface area contributed by atoms with Gasteiger partial charge in [-0.3, -0.25) is 9.69 Å². The van der Waals surface area contributed by atoms with Gasteiger partial charge in [0.2, 0.25) is 0 Å². The van der Waals surface area contributed by atoms with Gasteiger partial charge >= 0.3 is 0 Å². The number of hydrogen-bond donors (Lipinski definition) is 2. The molecule has 0 radical (unpaired) electrons. The van der Waals surface area contributed by atoms with E-state index in [9.17, 15) is 4.79 Å². The highest BCUT2D eigenvalue weighted by Gasteiger charge is 2.45. The van der Waals surface area contributed by atoms with Crippen molar-refractivity contribution in [2.45, 2.75) is 37.8 Å². The molecule has 1 aromatic heterocycles. The van der Waals surface area contributed by atoms with Crippen LogP contribution in [0.5, 0.6) is 0 Å². The summed E-state index contributed by atoms with van der Waals surface area (Å²) in [6, 6.07) is 8.68. The average Bonchev–Trinajstić information content (AvgIpc) is 3.29. The lowest BCUT2D eigenvalue weighted by molar-refractivity contribution is -0.0371. The number of hydrogen-bond acceptors (Lipinski definition) is 5. The number of nitrogens with one attached hydrogen (secondary N) is 2. The topological polar surface area (TPSA) is 75.1 Å². The monoisotopic (exact) mass is 380 g/mol. The fraction of sp³-hybridized carbons (Fsp3) is 0.571. The highest BCUT2D eigenvalue weighted by Crippen LogP contribution is 2.38. The SMILES string of the molecule is O=C(NC[C@H]1[C@@H]2CNC[C@@H](C2)[C@@H]2CCCCN21)c1ccccc1-n1cncn1. The molecule has 1 aromatic carbocycles. The Kier molecular flexibility index (Phi) is 4.86. The smallest absolute Gasteiger partial charge is 0.253 e. The lowest BCUT2D eigenvalue weighted by atomic mass is 9.73. The van der Waals surface area contributed by atoms with Crippen molar-refractivity contribution in [3.05, 3.63) is 42.5 Å². The van der Waals surface area contributed by atoms with Crippen LogP contribution in [0.2, 0.25) is 0 Å². The molecule has 0 saturated carbocycles. The molecule has 7 nitrogen and oxygen atoms in total. The van der Waals surface area contributed by atoms with Crippen molar-refractivity contribution in [2.24, 2.45) is 11.8 Å². The molecule has 3 aliphatic heterocycles. The second kappa shape index (κ2) is 7.64. The summed E-state index contributed by atoms with van der Waals surface area (Å²) in [7, 11) is 0. The molecule has 4 heterocycles. The lowest BCUT2D eigenvalue weighted by Crippen LogP contribution is -2.65.